The Balaban J connectivity index is 1.89. The van der Waals surface area contributed by atoms with Crippen LogP contribution >= 0.6 is 0 Å². The fraction of sp³-hybridized carbons (Fsp3) is 0.833. The van der Waals surface area contributed by atoms with Crippen LogP contribution in [0.2, 0.25) is 0 Å². The summed E-state index contributed by atoms with van der Waals surface area (Å²) in [5.74, 6) is 0.654. The molecule has 0 saturated carbocycles. The van der Waals surface area contributed by atoms with E-state index in [0.717, 1.165) is 32.4 Å². The van der Waals surface area contributed by atoms with Crippen molar-refractivity contribution in [3.63, 3.8) is 0 Å². The van der Waals surface area contributed by atoms with Gasteiger partial charge in [-0.3, -0.25) is 14.5 Å². The zero-order chi connectivity index (χ0) is 11.5. The smallest absolute Gasteiger partial charge is 0.217 e. The van der Waals surface area contributed by atoms with Crippen LogP contribution in [0.1, 0.15) is 26.2 Å². The van der Waals surface area contributed by atoms with Gasteiger partial charge < -0.3 is 5.32 Å². The summed E-state index contributed by atoms with van der Waals surface area (Å²) in [5, 5.41) is 3.24. The Labute approximate surface area is 96.4 Å². The van der Waals surface area contributed by atoms with Gasteiger partial charge in [-0.15, -0.1) is 0 Å². The lowest BCUT2D eigenvalue weighted by Gasteiger charge is -2.22. The molecule has 0 amide bonds. The predicted molar refractivity (Wildman–Crippen MR) is 60.9 cm³/mol. The molecule has 89 valence electrons. The summed E-state index contributed by atoms with van der Waals surface area (Å²) < 4.78 is 0. The minimum Gasteiger partial charge on any atom is -0.307 e. The van der Waals surface area contributed by atoms with Crippen molar-refractivity contribution >= 4 is 12.1 Å². The van der Waals surface area contributed by atoms with Crippen LogP contribution in [0.25, 0.3) is 0 Å². The number of carbonyl (C=O) groups is 1. The summed E-state index contributed by atoms with van der Waals surface area (Å²) in [5.41, 5.74) is 0. The third-order valence-corrected chi connectivity index (χ3v) is 3.74. The van der Waals surface area contributed by atoms with Crippen molar-refractivity contribution in [3.8, 4) is 0 Å². The second kappa shape index (κ2) is 5.06. The van der Waals surface area contributed by atoms with Crippen molar-refractivity contribution in [1.82, 2.24) is 10.2 Å². The highest BCUT2D eigenvalue weighted by molar-refractivity contribution is 5.86. The third kappa shape index (κ3) is 2.33. The second-order valence-corrected chi connectivity index (χ2v) is 4.91. The number of rotatable bonds is 4. The molecule has 2 aliphatic rings. The third-order valence-electron chi connectivity index (χ3n) is 3.74. The van der Waals surface area contributed by atoms with Gasteiger partial charge in [0.15, 0.2) is 5.78 Å². The van der Waals surface area contributed by atoms with Crippen molar-refractivity contribution in [1.29, 1.82) is 0 Å². The Hall–Kier alpha value is -0.740. The second-order valence-electron chi connectivity index (χ2n) is 4.91. The highest BCUT2D eigenvalue weighted by Crippen LogP contribution is 2.19. The molecule has 16 heavy (non-hydrogen) atoms. The maximum Gasteiger partial charge on any atom is 0.217 e. The van der Waals surface area contributed by atoms with Gasteiger partial charge in [0.1, 0.15) is 0 Å². The van der Waals surface area contributed by atoms with Crippen molar-refractivity contribution in [3.05, 3.63) is 0 Å². The van der Waals surface area contributed by atoms with Gasteiger partial charge in [-0.05, 0) is 38.3 Å². The maximum atomic E-state index is 12.0. The Morgan fingerprint density at radius 1 is 1.50 bits per heavy atom. The van der Waals surface area contributed by atoms with Crippen molar-refractivity contribution < 1.29 is 9.59 Å². The molecule has 1 radical (unpaired) electrons. The average molecular weight is 223 g/mol. The Morgan fingerprint density at radius 3 is 2.94 bits per heavy atom. The van der Waals surface area contributed by atoms with E-state index in [1.807, 2.05) is 11.2 Å². The highest BCUT2D eigenvalue weighted by atomic mass is 16.1. The van der Waals surface area contributed by atoms with Crippen LogP contribution in [0, 0.1) is 5.92 Å². The van der Waals surface area contributed by atoms with E-state index < -0.39 is 0 Å². The standard InChI is InChI=1S/C12H19N2O2/c1-9-4-5-13-12(9)11(16)7-14-6-2-3-10(14)8-15/h9-10,12-13H,2-7H2,1H3/t9?,10-,12-/m0/s1. The quantitative estimate of drug-likeness (QED) is 0.736. The molecule has 1 unspecified atom stereocenters. The molecule has 3 atom stereocenters. The number of nitrogens with one attached hydrogen (secondary N) is 1. The van der Waals surface area contributed by atoms with Gasteiger partial charge in [-0.25, -0.2) is 0 Å². The average Bonchev–Trinajstić information content (AvgIpc) is 2.86. The lowest BCUT2D eigenvalue weighted by atomic mass is 9.99. The summed E-state index contributed by atoms with van der Waals surface area (Å²) in [4.78, 5) is 24.7. The van der Waals surface area contributed by atoms with Gasteiger partial charge in [0.05, 0.1) is 18.6 Å². The first-order valence-electron chi connectivity index (χ1n) is 6.10. The molecule has 1 N–H and O–H groups in total. The first-order chi connectivity index (χ1) is 7.72. The van der Waals surface area contributed by atoms with Crippen LogP contribution in [0.15, 0.2) is 0 Å². The number of Topliss-reactive ketones (excluding diaryl/α,β-unsaturated/α-hetero) is 1. The normalized spacial score (nSPS) is 35.4. The molecule has 0 bridgehead atoms. The van der Waals surface area contributed by atoms with Crippen molar-refractivity contribution in [2.45, 2.75) is 38.3 Å². The minimum absolute atomic E-state index is 0.00657. The van der Waals surface area contributed by atoms with E-state index in [-0.39, 0.29) is 17.9 Å². The zero-order valence-corrected chi connectivity index (χ0v) is 9.74. The molecular formula is C12H19N2O2. The topological polar surface area (TPSA) is 49.4 Å². The monoisotopic (exact) mass is 223 g/mol. The van der Waals surface area contributed by atoms with E-state index in [4.69, 9.17) is 0 Å². The summed E-state index contributed by atoms with van der Waals surface area (Å²) in [7, 11) is 0. The maximum absolute atomic E-state index is 12.0. The summed E-state index contributed by atoms with van der Waals surface area (Å²) in [6, 6.07) is -0.159. The SMILES string of the molecule is CC1CCN[C@@H]1C(=O)CN1CCC[C@H]1[C]=O. The lowest BCUT2D eigenvalue weighted by molar-refractivity contribution is -0.122. The fourth-order valence-corrected chi connectivity index (χ4v) is 2.71. The molecule has 0 aromatic carbocycles. The van der Waals surface area contributed by atoms with Gasteiger partial charge in [0, 0.05) is 0 Å². The summed E-state index contributed by atoms with van der Waals surface area (Å²) in [6.07, 6.45) is 4.95. The van der Waals surface area contributed by atoms with Gasteiger partial charge in [-0.2, -0.15) is 0 Å². The zero-order valence-electron chi connectivity index (χ0n) is 9.74. The van der Waals surface area contributed by atoms with Crippen LogP contribution in [-0.2, 0) is 9.59 Å². The molecule has 0 aromatic rings. The van der Waals surface area contributed by atoms with E-state index in [2.05, 4.69) is 12.2 Å². The molecule has 0 aromatic heterocycles. The molecular weight excluding hydrogens is 204 g/mol. The highest BCUT2D eigenvalue weighted by Gasteiger charge is 2.33. The van der Waals surface area contributed by atoms with Crippen LogP contribution < -0.4 is 5.32 Å². The van der Waals surface area contributed by atoms with Gasteiger partial charge in [0.2, 0.25) is 6.29 Å². The number of likely N-dealkylation sites (tertiary alicyclic amines) is 1. The number of ketones is 1. The number of carbonyl (C=O) groups excluding carboxylic acids is 2. The van der Waals surface area contributed by atoms with Gasteiger partial charge >= 0.3 is 0 Å². The molecule has 2 heterocycles. The molecule has 2 aliphatic heterocycles. The lowest BCUT2D eigenvalue weighted by Crippen LogP contribution is -2.44. The first-order valence-corrected chi connectivity index (χ1v) is 6.10. The van der Waals surface area contributed by atoms with Gasteiger partial charge in [0.25, 0.3) is 0 Å². The van der Waals surface area contributed by atoms with E-state index in [9.17, 15) is 9.59 Å². The van der Waals surface area contributed by atoms with Crippen LogP contribution in [0.3, 0.4) is 0 Å². The number of nitrogens with zero attached hydrogens (tertiary/aromatic N) is 1. The summed E-state index contributed by atoms with van der Waals surface area (Å²) in [6.45, 7) is 4.30. The Kier molecular flexibility index (Phi) is 3.71. The molecule has 4 nitrogen and oxygen atoms in total. The van der Waals surface area contributed by atoms with E-state index in [0.29, 0.717) is 12.5 Å². The van der Waals surface area contributed by atoms with Crippen LogP contribution in [0.4, 0.5) is 0 Å². The largest absolute Gasteiger partial charge is 0.307 e. The first kappa shape index (κ1) is 11.7. The molecule has 2 rings (SSSR count). The van der Waals surface area contributed by atoms with Gasteiger partial charge in [-0.1, -0.05) is 6.92 Å². The fourth-order valence-electron chi connectivity index (χ4n) is 2.71. The minimum atomic E-state index is -0.152. The molecule has 4 heteroatoms. The van der Waals surface area contributed by atoms with Crippen LogP contribution in [0.5, 0.6) is 0 Å². The summed E-state index contributed by atoms with van der Waals surface area (Å²) >= 11 is 0. The molecule has 0 aliphatic carbocycles. The molecule has 2 saturated heterocycles. The van der Waals surface area contributed by atoms with E-state index in [1.54, 1.807) is 0 Å². The van der Waals surface area contributed by atoms with Crippen molar-refractivity contribution in [2.24, 2.45) is 5.92 Å². The predicted octanol–water partition coefficient (Wildman–Crippen LogP) is 0.128. The Morgan fingerprint density at radius 2 is 2.31 bits per heavy atom. The number of hydrogen-bond acceptors (Lipinski definition) is 4. The van der Waals surface area contributed by atoms with Crippen molar-refractivity contribution in [2.75, 3.05) is 19.6 Å². The Bertz CT molecular complexity index is 280. The van der Waals surface area contributed by atoms with Crippen LogP contribution in [-0.4, -0.2) is 48.7 Å². The van der Waals surface area contributed by atoms with E-state index in [1.165, 1.54) is 0 Å². The molecule has 2 fully saturated rings. The van der Waals surface area contributed by atoms with E-state index >= 15 is 0 Å². The molecule has 0 spiro atoms. The number of hydrogen-bond donors (Lipinski definition) is 1.